The summed E-state index contributed by atoms with van der Waals surface area (Å²) >= 11 is 0. The van der Waals surface area contributed by atoms with E-state index in [4.69, 9.17) is 10.5 Å². The third-order valence-electron chi connectivity index (χ3n) is 4.91. The highest BCUT2D eigenvalue weighted by atomic mass is 32.2. The molecule has 1 aliphatic rings. The van der Waals surface area contributed by atoms with E-state index in [1.807, 2.05) is 0 Å². The molecule has 2 heterocycles. The van der Waals surface area contributed by atoms with Crippen LogP contribution in [0.25, 0.3) is 0 Å². The van der Waals surface area contributed by atoms with Gasteiger partial charge >= 0.3 is 0 Å². The Bertz CT molecular complexity index is 834. The fourth-order valence-corrected chi connectivity index (χ4v) is 5.07. The van der Waals surface area contributed by atoms with Crippen LogP contribution < -0.4 is 10.5 Å². The van der Waals surface area contributed by atoms with Crippen LogP contribution in [0.15, 0.2) is 35.5 Å². The van der Waals surface area contributed by atoms with Crippen molar-refractivity contribution in [2.75, 3.05) is 13.1 Å². The van der Waals surface area contributed by atoms with Gasteiger partial charge in [-0.05, 0) is 43.0 Å². The number of benzene rings is 1. The Labute approximate surface area is 154 Å². The highest BCUT2D eigenvalue weighted by Gasteiger charge is 2.36. The normalized spacial score (nSPS) is 21.7. The zero-order valence-electron chi connectivity index (χ0n) is 15.1. The number of hydrogen-bond donors (Lipinski definition) is 1. The molecule has 1 aliphatic heterocycles. The Balaban J connectivity index is 1.73. The Morgan fingerprint density at radius 1 is 1.31 bits per heavy atom. The average molecular weight is 379 g/mol. The zero-order valence-corrected chi connectivity index (χ0v) is 15.9. The van der Waals surface area contributed by atoms with Gasteiger partial charge in [0.15, 0.2) is 5.82 Å². The number of ether oxygens (including phenoxy) is 1. The highest BCUT2D eigenvalue weighted by molar-refractivity contribution is 7.89. The second kappa shape index (κ2) is 7.73. The molecule has 1 fully saturated rings. The molecule has 0 bridgehead atoms. The Kier molecular flexibility index (Phi) is 5.59. The number of aryl methyl sites for hydroxylation is 1. The van der Waals surface area contributed by atoms with E-state index in [-0.39, 0.29) is 23.5 Å². The van der Waals surface area contributed by atoms with Crippen LogP contribution in [0.3, 0.4) is 0 Å². The molecule has 8 nitrogen and oxygen atoms in total. The van der Waals surface area contributed by atoms with E-state index in [2.05, 4.69) is 17.0 Å². The molecule has 1 aromatic heterocycles. The fraction of sp³-hybridized carbons (Fsp3) is 0.529. The summed E-state index contributed by atoms with van der Waals surface area (Å²) in [4.78, 5) is 4.35. The number of aromatic nitrogens is 3. The molecule has 0 aliphatic carbocycles. The van der Waals surface area contributed by atoms with Crippen LogP contribution in [0.4, 0.5) is 0 Å². The van der Waals surface area contributed by atoms with Crippen molar-refractivity contribution in [1.82, 2.24) is 19.1 Å². The van der Waals surface area contributed by atoms with Crippen LogP contribution in [-0.2, 0) is 23.7 Å². The van der Waals surface area contributed by atoms with Crippen LogP contribution in [-0.4, -0.2) is 46.6 Å². The molecule has 2 atom stereocenters. The van der Waals surface area contributed by atoms with Gasteiger partial charge in [0, 0.05) is 26.2 Å². The van der Waals surface area contributed by atoms with Gasteiger partial charge in [0.05, 0.1) is 4.90 Å². The van der Waals surface area contributed by atoms with E-state index in [1.54, 1.807) is 40.3 Å². The van der Waals surface area contributed by atoms with Crippen molar-refractivity contribution in [1.29, 1.82) is 0 Å². The summed E-state index contributed by atoms with van der Waals surface area (Å²) in [6, 6.07) is 6.32. The monoisotopic (exact) mass is 379 g/mol. The van der Waals surface area contributed by atoms with Crippen LogP contribution in [0, 0.1) is 5.92 Å². The van der Waals surface area contributed by atoms with Gasteiger partial charge in [0.25, 0.3) is 0 Å². The predicted molar refractivity (Wildman–Crippen MR) is 96.9 cm³/mol. The quantitative estimate of drug-likeness (QED) is 0.807. The number of piperidine rings is 1. The lowest BCUT2D eigenvalue weighted by Gasteiger charge is -2.38. The molecule has 3 rings (SSSR count). The summed E-state index contributed by atoms with van der Waals surface area (Å²) in [5.41, 5.74) is 5.84. The third kappa shape index (κ3) is 3.74. The molecule has 0 saturated carbocycles. The van der Waals surface area contributed by atoms with E-state index in [9.17, 15) is 8.42 Å². The molecule has 9 heteroatoms. The highest BCUT2D eigenvalue weighted by Crippen LogP contribution is 2.29. The first-order valence-corrected chi connectivity index (χ1v) is 10.1. The van der Waals surface area contributed by atoms with E-state index in [1.165, 1.54) is 6.33 Å². The van der Waals surface area contributed by atoms with Crippen LogP contribution >= 0.6 is 0 Å². The predicted octanol–water partition coefficient (Wildman–Crippen LogP) is 1.14. The van der Waals surface area contributed by atoms with Gasteiger partial charge in [-0.15, -0.1) is 0 Å². The van der Waals surface area contributed by atoms with E-state index in [0.29, 0.717) is 24.7 Å². The average Bonchev–Trinajstić information content (AvgIpc) is 3.05. The second-order valence-corrected chi connectivity index (χ2v) is 8.49. The van der Waals surface area contributed by atoms with Gasteiger partial charge in [0.2, 0.25) is 10.0 Å². The SMILES string of the molecule is C[C@H]1CCCN(S(=O)(=O)c2ccc(OCc3ncnn3C)cc2)[C@H]1CN. The summed E-state index contributed by atoms with van der Waals surface area (Å²) in [7, 11) is -1.78. The topological polar surface area (TPSA) is 103 Å². The molecule has 1 aromatic carbocycles. The number of nitrogens with zero attached hydrogens (tertiary/aromatic N) is 4. The summed E-state index contributed by atoms with van der Waals surface area (Å²) in [5, 5.41) is 3.98. The van der Waals surface area contributed by atoms with Crippen molar-refractivity contribution in [3.05, 3.63) is 36.4 Å². The standard InChI is InChI=1S/C17H25N5O3S/c1-13-4-3-9-22(16(13)10-18)26(23,24)15-7-5-14(6-8-15)25-11-17-19-12-20-21(17)2/h5-8,12-13,16H,3-4,9-11,18H2,1-2H3/t13-,16-/m0/s1. The summed E-state index contributed by atoms with van der Waals surface area (Å²) < 4.78 is 34.9. The number of sulfonamides is 1. The first-order chi connectivity index (χ1) is 12.4. The van der Waals surface area contributed by atoms with Crippen molar-refractivity contribution in [2.24, 2.45) is 18.7 Å². The van der Waals surface area contributed by atoms with Crippen molar-refractivity contribution >= 4 is 10.0 Å². The minimum atomic E-state index is -3.57. The molecule has 142 valence electrons. The van der Waals surface area contributed by atoms with Gasteiger partial charge in [-0.2, -0.15) is 9.40 Å². The van der Waals surface area contributed by atoms with Crippen molar-refractivity contribution in [3.63, 3.8) is 0 Å². The van der Waals surface area contributed by atoms with Crippen LogP contribution in [0.5, 0.6) is 5.75 Å². The maximum atomic E-state index is 13.0. The molecule has 0 unspecified atom stereocenters. The molecule has 0 amide bonds. The lowest BCUT2D eigenvalue weighted by molar-refractivity contribution is 0.192. The van der Waals surface area contributed by atoms with Crippen molar-refractivity contribution < 1.29 is 13.2 Å². The van der Waals surface area contributed by atoms with Crippen molar-refractivity contribution in [3.8, 4) is 5.75 Å². The second-order valence-electron chi connectivity index (χ2n) is 6.60. The number of hydrogen-bond acceptors (Lipinski definition) is 6. The summed E-state index contributed by atoms with van der Waals surface area (Å²) in [6.07, 6.45) is 3.32. The molecule has 26 heavy (non-hydrogen) atoms. The maximum absolute atomic E-state index is 13.0. The van der Waals surface area contributed by atoms with E-state index < -0.39 is 10.0 Å². The molecular formula is C17H25N5O3S. The first-order valence-electron chi connectivity index (χ1n) is 8.71. The first kappa shape index (κ1) is 18.8. The summed E-state index contributed by atoms with van der Waals surface area (Å²) in [6.45, 7) is 3.17. The maximum Gasteiger partial charge on any atom is 0.243 e. The van der Waals surface area contributed by atoms with Crippen molar-refractivity contribution in [2.45, 2.75) is 37.3 Å². The molecule has 1 saturated heterocycles. The minimum absolute atomic E-state index is 0.152. The van der Waals surface area contributed by atoms with E-state index in [0.717, 1.165) is 12.8 Å². The smallest absolute Gasteiger partial charge is 0.243 e. The Hall–Kier alpha value is -1.97. The van der Waals surface area contributed by atoms with Gasteiger partial charge in [0.1, 0.15) is 18.7 Å². The molecular weight excluding hydrogens is 354 g/mol. The Morgan fingerprint density at radius 3 is 2.65 bits per heavy atom. The van der Waals surface area contributed by atoms with Crippen LogP contribution in [0.2, 0.25) is 0 Å². The number of nitrogens with two attached hydrogens (primary N) is 1. The third-order valence-corrected chi connectivity index (χ3v) is 6.85. The lowest BCUT2D eigenvalue weighted by atomic mass is 9.93. The zero-order chi connectivity index (χ0) is 18.7. The summed E-state index contributed by atoms with van der Waals surface area (Å²) in [5.74, 6) is 1.53. The molecule has 0 radical (unpaired) electrons. The van der Waals surface area contributed by atoms with Gasteiger partial charge in [-0.25, -0.2) is 13.4 Å². The number of rotatable bonds is 6. The Morgan fingerprint density at radius 2 is 2.04 bits per heavy atom. The molecule has 0 spiro atoms. The minimum Gasteiger partial charge on any atom is -0.486 e. The molecule has 2 N–H and O–H groups in total. The van der Waals surface area contributed by atoms with E-state index >= 15 is 0 Å². The lowest BCUT2D eigenvalue weighted by Crippen LogP contribution is -2.51. The molecule has 2 aromatic rings. The van der Waals surface area contributed by atoms with Gasteiger partial charge in [-0.1, -0.05) is 6.92 Å². The fourth-order valence-electron chi connectivity index (χ4n) is 3.30. The van der Waals surface area contributed by atoms with Gasteiger partial charge in [-0.3, -0.25) is 4.68 Å². The van der Waals surface area contributed by atoms with Crippen LogP contribution in [0.1, 0.15) is 25.6 Å². The largest absolute Gasteiger partial charge is 0.486 e. The van der Waals surface area contributed by atoms with Gasteiger partial charge < -0.3 is 10.5 Å².